The average Bonchev–Trinajstić information content (AvgIpc) is 2.93. The van der Waals surface area contributed by atoms with Gasteiger partial charge in [-0.15, -0.1) is 0 Å². The fourth-order valence-corrected chi connectivity index (χ4v) is 3.05. The number of carbonyl (C=O) groups excluding carboxylic acids is 2. The van der Waals surface area contributed by atoms with E-state index < -0.39 is 16.8 Å². The molecule has 0 fully saturated rings. The number of hydrazone groups is 1. The molecule has 0 aliphatic heterocycles. The Morgan fingerprint density at radius 2 is 1.66 bits per heavy atom. The number of hydrogen-bond donors (Lipinski definition) is 1. The number of methoxy groups -OCH3 is 1. The highest BCUT2D eigenvalue weighted by atomic mass is 16.6. The van der Waals surface area contributed by atoms with Gasteiger partial charge in [0.25, 0.3) is 11.6 Å². The van der Waals surface area contributed by atoms with Crippen LogP contribution < -0.4 is 24.4 Å². The molecule has 11 nitrogen and oxygen atoms in total. The lowest BCUT2D eigenvalue weighted by Crippen LogP contribution is -2.24. The van der Waals surface area contributed by atoms with Gasteiger partial charge in [0.1, 0.15) is 11.5 Å². The number of esters is 1. The van der Waals surface area contributed by atoms with E-state index >= 15 is 0 Å². The molecule has 0 heterocycles. The molecule has 0 aliphatic rings. The molecule has 0 saturated carbocycles. The molecule has 3 aromatic rings. The van der Waals surface area contributed by atoms with Crippen molar-refractivity contribution in [1.82, 2.24) is 5.43 Å². The fourth-order valence-electron chi connectivity index (χ4n) is 3.05. The van der Waals surface area contributed by atoms with Crippen molar-refractivity contribution in [2.45, 2.75) is 19.8 Å². The first-order valence-electron chi connectivity index (χ1n) is 11.7. The minimum atomic E-state index is -0.551. The molecule has 3 rings (SSSR count). The van der Waals surface area contributed by atoms with Crippen molar-refractivity contribution in [2.75, 3.05) is 20.3 Å². The first kappa shape index (κ1) is 27.7. The quantitative estimate of drug-likeness (QED) is 0.0864. The van der Waals surface area contributed by atoms with Crippen LogP contribution >= 0.6 is 0 Å². The van der Waals surface area contributed by atoms with E-state index in [1.807, 2.05) is 0 Å². The summed E-state index contributed by atoms with van der Waals surface area (Å²) in [5.74, 6) is 0.430. The van der Waals surface area contributed by atoms with Gasteiger partial charge in [-0.3, -0.25) is 14.9 Å². The molecule has 38 heavy (non-hydrogen) atoms. The normalized spacial score (nSPS) is 10.6. The van der Waals surface area contributed by atoms with Gasteiger partial charge in [-0.05, 0) is 66.6 Å². The third kappa shape index (κ3) is 8.33. The highest BCUT2D eigenvalue weighted by Gasteiger charge is 2.13. The van der Waals surface area contributed by atoms with Crippen LogP contribution in [0.5, 0.6) is 23.0 Å². The van der Waals surface area contributed by atoms with Gasteiger partial charge in [0, 0.05) is 12.1 Å². The zero-order valence-electron chi connectivity index (χ0n) is 20.9. The van der Waals surface area contributed by atoms with E-state index in [1.165, 1.54) is 37.6 Å². The number of ether oxygens (including phenoxy) is 4. The van der Waals surface area contributed by atoms with E-state index in [2.05, 4.69) is 17.5 Å². The lowest BCUT2D eigenvalue weighted by atomic mass is 10.2. The minimum Gasteiger partial charge on any atom is -0.494 e. The number of non-ortho nitro benzene ring substituents is 1. The predicted molar refractivity (Wildman–Crippen MR) is 139 cm³/mol. The Morgan fingerprint density at radius 1 is 0.974 bits per heavy atom. The smallest absolute Gasteiger partial charge is 0.343 e. The average molecular weight is 522 g/mol. The number of hydrogen-bond acceptors (Lipinski definition) is 9. The molecule has 0 aromatic heterocycles. The molecule has 0 radical (unpaired) electrons. The predicted octanol–water partition coefficient (Wildman–Crippen LogP) is 4.53. The summed E-state index contributed by atoms with van der Waals surface area (Å²) in [5, 5.41) is 14.5. The molecule has 0 aliphatic carbocycles. The minimum absolute atomic E-state index is 0.0791. The number of rotatable bonds is 13. The van der Waals surface area contributed by atoms with Gasteiger partial charge < -0.3 is 18.9 Å². The molecule has 3 aromatic carbocycles. The second kappa shape index (κ2) is 14.0. The van der Waals surface area contributed by atoms with Crippen LogP contribution in [0.2, 0.25) is 0 Å². The summed E-state index contributed by atoms with van der Waals surface area (Å²) in [6, 6.07) is 16.8. The van der Waals surface area contributed by atoms with E-state index in [4.69, 9.17) is 18.9 Å². The van der Waals surface area contributed by atoms with Gasteiger partial charge in [0.2, 0.25) is 0 Å². The standard InChI is InChI=1S/C27H27N3O8/c1-3-4-15-36-22-10-6-20(7-11-22)27(32)38-24-14-5-19(16-25(24)35-2)17-28-29-26(31)18-37-23-12-8-21(9-13-23)30(33)34/h5-14,16-17H,3-4,15,18H2,1-2H3,(H,29,31)/b28-17-. The summed E-state index contributed by atoms with van der Waals surface area (Å²) in [4.78, 5) is 34.7. The Balaban J connectivity index is 1.51. The molecule has 0 atom stereocenters. The second-order valence-corrected chi connectivity index (χ2v) is 7.86. The Kier molecular flexibility index (Phi) is 10.2. The van der Waals surface area contributed by atoms with Crippen LogP contribution in [0.25, 0.3) is 0 Å². The Hall–Kier alpha value is -4.93. The van der Waals surface area contributed by atoms with Crippen molar-refractivity contribution in [3.63, 3.8) is 0 Å². The van der Waals surface area contributed by atoms with Crippen LogP contribution in [-0.2, 0) is 4.79 Å². The van der Waals surface area contributed by atoms with Crippen LogP contribution in [0.3, 0.4) is 0 Å². The number of amides is 1. The monoisotopic (exact) mass is 521 g/mol. The summed E-state index contributed by atoms with van der Waals surface area (Å²) < 4.78 is 21.7. The highest BCUT2D eigenvalue weighted by molar-refractivity contribution is 5.92. The molecule has 11 heteroatoms. The van der Waals surface area contributed by atoms with E-state index in [1.54, 1.807) is 42.5 Å². The largest absolute Gasteiger partial charge is 0.494 e. The van der Waals surface area contributed by atoms with Crippen molar-refractivity contribution in [2.24, 2.45) is 5.10 Å². The Bertz CT molecular complexity index is 1270. The number of unbranched alkanes of at least 4 members (excludes halogenated alkanes) is 1. The second-order valence-electron chi connectivity index (χ2n) is 7.86. The molecular formula is C27H27N3O8. The first-order valence-corrected chi connectivity index (χ1v) is 11.7. The van der Waals surface area contributed by atoms with E-state index in [0.29, 0.717) is 35.0 Å². The number of carbonyl (C=O) groups is 2. The van der Waals surface area contributed by atoms with Gasteiger partial charge in [0.05, 0.1) is 30.4 Å². The van der Waals surface area contributed by atoms with Gasteiger partial charge in [-0.1, -0.05) is 13.3 Å². The Labute approximate surface area is 219 Å². The summed E-state index contributed by atoms with van der Waals surface area (Å²) in [6.45, 7) is 2.37. The number of nitro benzene ring substituents is 1. The topological polar surface area (TPSA) is 139 Å². The van der Waals surface area contributed by atoms with Crippen LogP contribution in [-0.4, -0.2) is 43.3 Å². The van der Waals surface area contributed by atoms with Crippen LogP contribution in [0.15, 0.2) is 71.8 Å². The van der Waals surface area contributed by atoms with Crippen molar-refractivity contribution >= 4 is 23.8 Å². The Morgan fingerprint density at radius 3 is 2.32 bits per heavy atom. The molecule has 198 valence electrons. The zero-order valence-corrected chi connectivity index (χ0v) is 20.9. The maximum Gasteiger partial charge on any atom is 0.343 e. The highest BCUT2D eigenvalue weighted by Crippen LogP contribution is 2.28. The van der Waals surface area contributed by atoms with E-state index in [-0.39, 0.29) is 18.0 Å². The van der Waals surface area contributed by atoms with Gasteiger partial charge in [-0.2, -0.15) is 5.10 Å². The van der Waals surface area contributed by atoms with Gasteiger partial charge in [0.15, 0.2) is 18.1 Å². The summed E-state index contributed by atoms with van der Waals surface area (Å²) >= 11 is 0. The van der Waals surface area contributed by atoms with Crippen molar-refractivity contribution in [1.29, 1.82) is 0 Å². The van der Waals surface area contributed by atoms with Gasteiger partial charge >= 0.3 is 5.97 Å². The van der Waals surface area contributed by atoms with E-state index in [0.717, 1.165) is 12.8 Å². The summed E-state index contributed by atoms with van der Waals surface area (Å²) in [6.07, 6.45) is 3.37. The number of nitrogens with zero attached hydrogens (tertiary/aromatic N) is 2. The third-order valence-corrected chi connectivity index (χ3v) is 5.07. The molecule has 0 unspecified atom stereocenters. The SMILES string of the molecule is CCCCOc1ccc(C(=O)Oc2ccc(/C=N\NC(=O)COc3ccc([N+](=O)[O-])cc3)cc2OC)cc1. The molecule has 0 spiro atoms. The molecule has 0 saturated heterocycles. The fraction of sp³-hybridized carbons (Fsp3) is 0.222. The van der Waals surface area contributed by atoms with Crippen molar-refractivity contribution < 1.29 is 33.5 Å². The maximum absolute atomic E-state index is 12.6. The first-order chi connectivity index (χ1) is 18.4. The van der Waals surface area contributed by atoms with Crippen LogP contribution in [0.4, 0.5) is 5.69 Å². The maximum atomic E-state index is 12.6. The van der Waals surface area contributed by atoms with Crippen molar-refractivity contribution in [3.8, 4) is 23.0 Å². The number of nitrogens with one attached hydrogen (secondary N) is 1. The molecule has 1 N–H and O–H groups in total. The lowest BCUT2D eigenvalue weighted by molar-refractivity contribution is -0.384. The summed E-state index contributed by atoms with van der Waals surface area (Å²) in [5.41, 5.74) is 3.18. The summed E-state index contributed by atoms with van der Waals surface area (Å²) in [7, 11) is 1.44. The lowest BCUT2D eigenvalue weighted by Gasteiger charge is -2.10. The van der Waals surface area contributed by atoms with E-state index in [9.17, 15) is 19.7 Å². The molecule has 1 amide bonds. The van der Waals surface area contributed by atoms with Crippen molar-refractivity contribution in [3.05, 3.63) is 88.0 Å². The third-order valence-electron chi connectivity index (χ3n) is 5.07. The molecular weight excluding hydrogens is 494 g/mol. The molecule has 0 bridgehead atoms. The number of benzene rings is 3. The van der Waals surface area contributed by atoms with Crippen LogP contribution in [0, 0.1) is 10.1 Å². The van der Waals surface area contributed by atoms with Gasteiger partial charge in [-0.25, -0.2) is 10.2 Å². The zero-order chi connectivity index (χ0) is 27.3. The van der Waals surface area contributed by atoms with Crippen LogP contribution in [0.1, 0.15) is 35.7 Å². The number of nitro groups is 1.